The predicted molar refractivity (Wildman–Crippen MR) is 88.8 cm³/mol. The molecule has 1 aromatic rings. The summed E-state index contributed by atoms with van der Waals surface area (Å²) in [5.74, 6) is -0.398. The lowest BCUT2D eigenvalue weighted by atomic mass is 10.00. The van der Waals surface area contributed by atoms with Gasteiger partial charge in [-0.1, -0.05) is 12.1 Å². The van der Waals surface area contributed by atoms with Crippen molar-refractivity contribution in [2.24, 2.45) is 0 Å². The van der Waals surface area contributed by atoms with Crippen LogP contribution < -0.4 is 5.32 Å². The lowest BCUT2D eigenvalue weighted by molar-refractivity contribution is -0.122. The van der Waals surface area contributed by atoms with Gasteiger partial charge in [-0.2, -0.15) is 0 Å². The Balaban J connectivity index is 1.87. The molecule has 1 amide bonds. The van der Waals surface area contributed by atoms with Crippen molar-refractivity contribution in [1.82, 2.24) is 10.2 Å². The van der Waals surface area contributed by atoms with Gasteiger partial charge in [0.15, 0.2) is 0 Å². The second-order valence-corrected chi connectivity index (χ2v) is 7.06. The second-order valence-electron chi connectivity index (χ2n) is 7.06. The van der Waals surface area contributed by atoms with Crippen molar-refractivity contribution in [2.45, 2.75) is 51.9 Å². The Morgan fingerprint density at radius 1 is 1.35 bits per heavy atom. The smallest absolute Gasteiger partial charge is 0.224 e. The molecule has 1 heterocycles. The maximum absolute atomic E-state index is 13.2. The third-order valence-corrected chi connectivity index (χ3v) is 4.25. The molecule has 1 aromatic carbocycles. The molecule has 1 fully saturated rings. The number of morpholine rings is 1. The minimum absolute atomic E-state index is 0.0852. The second kappa shape index (κ2) is 7.41. The Morgan fingerprint density at radius 2 is 2.00 bits per heavy atom. The van der Waals surface area contributed by atoms with Crippen LogP contribution in [0.25, 0.3) is 0 Å². The molecule has 23 heavy (non-hydrogen) atoms. The summed E-state index contributed by atoms with van der Waals surface area (Å²) in [4.78, 5) is 14.5. The van der Waals surface area contributed by atoms with Crippen LogP contribution in [0.1, 0.15) is 33.3 Å². The van der Waals surface area contributed by atoms with Crippen molar-refractivity contribution in [3.63, 3.8) is 0 Å². The first-order chi connectivity index (χ1) is 10.8. The summed E-state index contributed by atoms with van der Waals surface area (Å²) >= 11 is 0. The largest absolute Gasteiger partial charge is 0.373 e. The van der Waals surface area contributed by atoms with Crippen molar-refractivity contribution in [3.05, 3.63) is 35.6 Å². The monoisotopic (exact) mass is 322 g/mol. The molecule has 0 spiro atoms. The summed E-state index contributed by atoms with van der Waals surface area (Å²) in [6.07, 6.45) is 0.589. The van der Waals surface area contributed by atoms with Crippen LogP contribution >= 0.6 is 0 Å². The van der Waals surface area contributed by atoms with E-state index in [1.807, 2.05) is 0 Å². The number of amides is 1. The first-order valence-electron chi connectivity index (χ1n) is 8.18. The van der Waals surface area contributed by atoms with Gasteiger partial charge in [0, 0.05) is 25.2 Å². The minimum Gasteiger partial charge on any atom is -0.373 e. The van der Waals surface area contributed by atoms with Crippen molar-refractivity contribution in [2.75, 3.05) is 19.6 Å². The van der Waals surface area contributed by atoms with Gasteiger partial charge >= 0.3 is 0 Å². The molecule has 5 heteroatoms. The Kier molecular flexibility index (Phi) is 5.76. The average Bonchev–Trinajstić information content (AvgIpc) is 2.44. The highest BCUT2D eigenvalue weighted by Gasteiger charge is 2.33. The first-order valence-corrected chi connectivity index (χ1v) is 8.18. The van der Waals surface area contributed by atoms with E-state index in [2.05, 4.69) is 37.9 Å². The lowest BCUT2D eigenvalue weighted by Crippen LogP contribution is -2.58. The molecule has 0 radical (unpaired) electrons. The van der Waals surface area contributed by atoms with Gasteiger partial charge in [-0.05, 0) is 45.4 Å². The Labute approximate surface area is 138 Å². The van der Waals surface area contributed by atoms with E-state index in [9.17, 15) is 9.18 Å². The van der Waals surface area contributed by atoms with Gasteiger partial charge in [-0.3, -0.25) is 9.69 Å². The highest BCUT2D eigenvalue weighted by Crippen LogP contribution is 2.20. The van der Waals surface area contributed by atoms with Crippen molar-refractivity contribution >= 4 is 5.91 Å². The fourth-order valence-corrected chi connectivity index (χ4v) is 2.99. The van der Waals surface area contributed by atoms with Crippen molar-refractivity contribution < 1.29 is 13.9 Å². The van der Waals surface area contributed by atoms with Crippen LogP contribution in [0.2, 0.25) is 0 Å². The molecule has 2 rings (SSSR count). The summed E-state index contributed by atoms with van der Waals surface area (Å²) in [5, 5.41) is 2.97. The van der Waals surface area contributed by atoms with Crippen LogP contribution in [-0.2, 0) is 16.0 Å². The number of benzene rings is 1. The molecule has 4 nitrogen and oxygen atoms in total. The maximum Gasteiger partial charge on any atom is 0.224 e. The molecule has 1 aliphatic rings. The molecule has 2 atom stereocenters. The van der Waals surface area contributed by atoms with E-state index in [4.69, 9.17) is 4.74 Å². The topological polar surface area (TPSA) is 41.6 Å². The lowest BCUT2D eigenvalue weighted by Gasteiger charge is -2.45. The summed E-state index contributed by atoms with van der Waals surface area (Å²) in [7, 11) is 0. The Morgan fingerprint density at radius 3 is 2.61 bits per heavy atom. The van der Waals surface area contributed by atoms with E-state index in [-0.39, 0.29) is 35.9 Å². The van der Waals surface area contributed by atoms with Crippen LogP contribution in [-0.4, -0.2) is 48.2 Å². The van der Waals surface area contributed by atoms with Gasteiger partial charge in [-0.15, -0.1) is 0 Å². The molecule has 2 unspecified atom stereocenters. The number of hydrogen-bond acceptors (Lipinski definition) is 3. The van der Waals surface area contributed by atoms with Gasteiger partial charge < -0.3 is 10.1 Å². The molecule has 1 saturated heterocycles. The molecule has 0 saturated carbocycles. The van der Waals surface area contributed by atoms with Crippen molar-refractivity contribution in [1.29, 1.82) is 0 Å². The molecule has 1 aliphatic heterocycles. The number of nitrogens with one attached hydrogen (secondary N) is 1. The fourth-order valence-electron chi connectivity index (χ4n) is 2.99. The SMILES string of the molecule is CC1CN(C(C)(C)CNC(=O)Cc2cccc(F)c2)CC(C)O1. The number of hydrogen-bond donors (Lipinski definition) is 1. The van der Waals surface area contributed by atoms with Crippen LogP contribution in [0, 0.1) is 5.82 Å². The van der Waals surface area contributed by atoms with Crippen LogP contribution in [0.5, 0.6) is 0 Å². The zero-order valence-electron chi connectivity index (χ0n) is 14.4. The summed E-state index contributed by atoms with van der Waals surface area (Å²) in [6.45, 7) is 10.7. The van der Waals surface area contributed by atoms with Gasteiger partial charge in [0.2, 0.25) is 5.91 Å². The van der Waals surface area contributed by atoms with Gasteiger partial charge in [0.25, 0.3) is 0 Å². The van der Waals surface area contributed by atoms with Crippen LogP contribution in [0.3, 0.4) is 0 Å². The number of halogens is 1. The normalized spacial score (nSPS) is 22.8. The minimum atomic E-state index is -0.313. The zero-order valence-corrected chi connectivity index (χ0v) is 14.4. The highest BCUT2D eigenvalue weighted by molar-refractivity contribution is 5.78. The maximum atomic E-state index is 13.2. The third-order valence-electron chi connectivity index (χ3n) is 4.25. The number of carbonyl (C=O) groups is 1. The summed E-state index contributed by atoms with van der Waals surface area (Å²) < 4.78 is 18.9. The number of carbonyl (C=O) groups excluding carboxylic acids is 1. The number of ether oxygens (including phenoxy) is 1. The quantitative estimate of drug-likeness (QED) is 0.905. The van der Waals surface area contributed by atoms with Crippen LogP contribution in [0.4, 0.5) is 4.39 Å². The zero-order chi connectivity index (χ0) is 17.0. The Bertz CT molecular complexity index is 538. The Hall–Kier alpha value is -1.46. The third kappa shape index (κ3) is 5.29. The van der Waals surface area contributed by atoms with E-state index >= 15 is 0 Å². The molecule has 0 bridgehead atoms. The fraction of sp³-hybridized carbons (Fsp3) is 0.611. The predicted octanol–water partition coefficient (Wildman–Crippen LogP) is 2.37. The molecular formula is C18H27FN2O2. The summed E-state index contributed by atoms with van der Waals surface area (Å²) in [5.41, 5.74) is 0.540. The van der Waals surface area contributed by atoms with Gasteiger partial charge in [0.05, 0.1) is 18.6 Å². The standard InChI is InChI=1S/C18H27FN2O2/c1-13-10-21(11-14(2)23-13)18(3,4)12-20-17(22)9-15-6-5-7-16(19)8-15/h5-8,13-14H,9-12H2,1-4H3,(H,20,22). The first kappa shape index (κ1) is 17.9. The number of rotatable bonds is 5. The van der Waals surface area contributed by atoms with Crippen LogP contribution in [0.15, 0.2) is 24.3 Å². The molecule has 0 aromatic heterocycles. The average molecular weight is 322 g/mol. The van der Waals surface area contributed by atoms with E-state index in [1.54, 1.807) is 12.1 Å². The van der Waals surface area contributed by atoms with E-state index < -0.39 is 0 Å². The van der Waals surface area contributed by atoms with E-state index in [0.717, 1.165) is 13.1 Å². The summed E-state index contributed by atoms with van der Waals surface area (Å²) in [6, 6.07) is 6.17. The number of nitrogens with zero attached hydrogens (tertiary/aromatic N) is 1. The highest BCUT2D eigenvalue weighted by atomic mass is 19.1. The molecular weight excluding hydrogens is 295 g/mol. The van der Waals surface area contributed by atoms with E-state index in [1.165, 1.54) is 12.1 Å². The molecule has 0 aliphatic carbocycles. The van der Waals surface area contributed by atoms with Gasteiger partial charge in [0.1, 0.15) is 5.82 Å². The van der Waals surface area contributed by atoms with Gasteiger partial charge in [-0.25, -0.2) is 4.39 Å². The van der Waals surface area contributed by atoms with E-state index in [0.29, 0.717) is 12.1 Å². The molecule has 1 N–H and O–H groups in total. The van der Waals surface area contributed by atoms with Crippen molar-refractivity contribution in [3.8, 4) is 0 Å². The molecule has 128 valence electrons.